The summed E-state index contributed by atoms with van der Waals surface area (Å²) in [6.07, 6.45) is 2.64. The molecule has 140 valence electrons. The third-order valence-corrected chi connectivity index (χ3v) is 5.83. The molecule has 2 atom stereocenters. The maximum atomic E-state index is 6.54. The maximum absolute atomic E-state index is 6.54. The Morgan fingerprint density at radius 1 is 1.00 bits per heavy atom. The van der Waals surface area contributed by atoms with Crippen LogP contribution in [-0.4, -0.2) is 18.2 Å². The van der Waals surface area contributed by atoms with Crippen LogP contribution in [0.5, 0.6) is 0 Å². The van der Waals surface area contributed by atoms with Gasteiger partial charge in [-0.25, -0.2) is 4.99 Å². The van der Waals surface area contributed by atoms with Crippen LogP contribution in [0, 0.1) is 5.92 Å². The molecule has 4 nitrogen and oxygen atoms in total. The fourth-order valence-electron chi connectivity index (χ4n) is 4.16. The first-order valence-electron chi connectivity index (χ1n) is 9.52. The molecule has 1 aliphatic carbocycles. The summed E-state index contributed by atoms with van der Waals surface area (Å²) in [5.74, 6) is 2.11. The highest BCUT2D eigenvalue weighted by molar-refractivity contribution is 6.31. The Balaban J connectivity index is 1.48. The summed E-state index contributed by atoms with van der Waals surface area (Å²) in [5.41, 5.74) is 4.80. The van der Waals surface area contributed by atoms with Gasteiger partial charge >= 0.3 is 0 Å². The van der Waals surface area contributed by atoms with Crippen LogP contribution in [0.4, 0.5) is 0 Å². The van der Waals surface area contributed by atoms with Gasteiger partial charge in [-0.2, -0.15) is 0 Å². The van der Waals surface area contributed by atoms with E-state index in [1.165, 1.54) is 16.7 Å². The second-order valence-corrected chi connectivity index (χ2v) is 7.60. The molecule has 2 aromatic carbocycles. The van der Waals surface area contributed by atoms with Crippen molar-refractivity contribution in [3.63, 3.8) is 0 Å². The highest BCUT2D eigenvalue weighted by Crippen LogP contribution is 2.42. The van der Waals surface area contributed by atoms with Crippen LogP contribution in [0.2, 0.25) is 5.02 Å². The summed E-state index contributed by atoms with van der Waals surface area (Å²) in [6.45, 7) is 1.31. The van der Waals surface area contributed by atoms with Crippen LogP contribution < -0.4 is 5.32 Å². The van der Waals surface area contributed by atoms with Crippen molar-refractivity contribution in [3.8, 4) is 0 Å². The highest BCUT2D eigenvalue weighted by Gasteiger charge is 2.35. The molecule has 1 N–H and O–H groups in total. The molecule has 0 spiro atoms. The van der Waals surface area contributed by atoms with E-state index in [0.29, 0.717) is 18.4 Å². The zero-order valence-electron chi connectivity index (χ0n) is 15.3. The Hall–Kier alpha value is -2.85. The molecule has 0 saturated heterocycles. The minimum absolute atomic E-state index is 0.265. The van der Waals surface area contributed by atoms with Crippen molar-refractivity contribution in [2.45, 2.75) is 18.9 Å². The first-order valence-corrected chi connectivity index (χ1v) is 9.90. The number of fused-ring (bicyclic) bond motifs is 3. The van der Waals surface area contributed by atoms with Gasteiger partial charge in [0, 0.05) is 22.4 Å². The summed E-state index contributed by atoms with van der Waals surface area (Å²) < 4.78 is 5.38. The molecular weight excluding hydrogens is 370 g/mol. The monoisotopic (exact) mass is 389 g/mol. The summed E-state index contributed by atoms with van der Waals surface area (Å²) >= 11 is 6.54. The molecule has 1 aliphatic heterocycles. The summed E-state index contributed by atoms with van der Waals surface area (Å²) in [7, 11) is 0. The smallest absolute Gasteiger partial charge is 0.218 e. The Labute approximate surface area is 169 Å². The third kappa shape index (κ3) is 3.14. The van der Waals surface area contributed by atoms with Gasteiger partial charge in [-0.05, 0) is 35.7 Å². The number of hydrogen-bond acceptors (Lipinski definition) is 4. The lowest BCUT2D eigenvalue weighted by Crippen LogP contribution is -2.35. The standard InChI is InChI=1S/C23H20ClN3O/c24-21-10-4-3-8-18(21)20-12-15-13-25-23(26-14-16-6-5-11-28-16)27-22(15)19-9-2-1-7-17(19)20/h1-11,15,20H,12-14H2,(H,25,26). The molecule has 0 amide bonds. The maximum Gasteiger partial charge on any atom is 0.218 e. The quantitative estimate of drug-likeness (QED) is 0.682. The second kappa shape index (κ2) is 7.28. The van der Waals surface area contributed by atoms with Crippen molar-refractivity contribution in [1.29, 1.82) is 0 Å². The van der Waals surface area contributed by atoms with Crippen molar-refractivity contribution >= 4 is 23.3 Å². The van der Waals surface area contributed by atoms with Crippen LogP contribution >= 0.6 is 11.6 Å². The first-order chi connectivity index (χ1) is 13.8. The second-order valence-electron chi connectivity index (χ2n) is 7.19. The van der Waals surface area contributed by atoms with Crippen molar-refractivity contribution in [2.75, 3.05) is 6.54 Å². The van der Waals surface area contributed by atoms with E-state index < -0.39 is 0 Å². The molecule has 5 rings (SSSR count). The van der Waals surface area contributed by atoms with Gasteiger partial charge in [0.05, 0.1) is 25.1 Å². The Morgan fingerprint density at radius 2 is 1.82 bits per heavy atom. The minimum Gasteiger partial charge on any atom is -0.467 e. The Morgan fingerprint density at radius 3 is 2.64 bits per heavy atom. The zero-order chi connectivity index (χ0) is 18.9. The molecular formula is C23H20ClN3O. The molecule has 28 heavy (non-hydrogen) atoms. The molecule has 2 unspecified atom stereocenters. The lowest BCUT2D eigenvalue weighted by atomic mass is 9.72. The number of aliphatic imine (C=N–C) groups is 2. The highest BCUT2D eigenvalue weighted by atomic mass is 35.5. The van der Waals surface area contributed by atoms with E-state index in [2.05, 4.69) is 46.7 Å². The largest absolute Gasteiger partial charge is 0.467 e. The van der Waals surface area contributed by atoms with Gasteiger partial charge < -0.3 is 9.73 Å². The molecule has 1 aromatic heterocycles. The molecule has 0 saturated carbocycles. The summed E-state index contributed by atoms with van der Waals surface area (Å²) in [4.78, 5) is 9.56. The van der Waals surface area contributed by atoms with Crippen LogP contribution in [0.25, 0.3) is 0 Å². The number of hydrogen-bond donors (Lipinski definition) is 1. The lowest BCUT2D eigenvalue weighted by Gasteiger charge is -2.34. The van der Waals surface area contributed by atoms with E-state index >= 15 is 0 Å². The molecule has 5 heteroatoms. The fourth-order valence-corrected chi connectivity index (χ4v) is 4.43. The van der Waals surface area contributed by atoms with Gasteiger partial charge in [-0.1, -0.05) is 54.1 Å². The number of guanidine groups is 1. The fraction of sp³-hybridized carbons (Fsp3) is 0.217. The van der Waals surface area contributed by atoms with Gasteiger partial charge in [0.25, 0.3) is 0 Å². The number of halogens is 1. The molecule has 3 aromatic rings. The summed E-state index contributed by atoms with van der Waals surface area (Å²) in [5, 5.41) is 4.11. The first kappa shape index (κ1) is 17.3. The molecule has 2 heterocycles. The Kier molecular flexibility index (Phi) is 4.49. The zero-order valence-corrected chi connectivity index (χ0v) is 16.1. The third-order valence-electron chi connectivity index (χ3n) is 5.49. The normalized spacial score (nSPS) is 20.6. The molecule has 0 bridgehead atoms. The number of benzene rings is 2. The van der Waals surface area contributed by atoms with Crippen molar-refractivity contribution < 1.29 is 4.42 Å². The average molecular weight is 390 g/mol. The number of furan rings is 1. The van der Waals surface area contributed by atoms with Crippen LogP contribution in [0.15, 0.2) is 81.3 Å². The van der Waals surface area contributed by atoms with E-state index in [4.69, 9.17) is 21.0 Å². The van der Waals surface area contributed by atoms with E-state index in [0.717, 1.165) is 29.5 Å². The predicted molar refractivity (Wildman–Crippen MR) is 112 cm³/mol. The molecule has 2 aliphatic rings. The van der Waals surface area contributed by atoms with Gasteiger partial charge in [-0.15, -0.1) is 0 Å². The van der Waals surface area contributed by atoms with Gasteiger partial charge in [0.15, 0.2) is 0 Å². The number of rotatable bonds is 3. The van der Waals surface area contributed by atoms with Crippen LogP contribution in [-0.2, 0) is 6.54 Å². The van der Waals surface area contributed by atoms with E-state index in [-0.39, 0.29) is 5.92 Å². The lowest BCUT2D eigenvalue weighted by molar-refractivity contribution is 0.501. The predicted octanol–water partition coefficient (Wildman–Crippen LogP) is 5.03. The van der Waals surface area contributed by atoms with Crippen LogP contribution in [0.3, 0.4) is 0 Å². The van der Waals surface area contributed by atoms with E-state index in [1.807, 2.05) is 24.3 Å². The summed E-state index contributed by atoms with van der Waals surface area (Å²) in [6, 6.07) is 20.5. The van der Waals surface area contributed by atoms with Gasteiger partial charge in [0.1, 0.15) is 5.76 Å². The van der Waals surface area contributed by atoms with Gasteiger partial charge in [0.2, 0.25) is 5.96 Å². The minimum atomic E-state index is 0.265. The van der Waals surface area contributed by atoms with E-state index in [9.17, 15) is 0 Å². The average Bonchev–Trinajstić information content (AvgIpc) is 3.26. The molecule has 0 fully saturated rings. The number of nitrogens with one attached hydrogen (secondary N) is 1. The van der Waals surface area contributed by atoms with Crippen molar-refractivity contribution in [3.05, 3.63) is 94.4 Å². The van der Waals surface area contributed by atoms with E-state index in [1.54, 1.807) is 6.26 Å². The van der Waals surface area contributed by atoms with Crippen molar-refractivity contribution in [1.82, 2.24) is 5.32 Å². The topological polar surface area (TPSA) is 49.9 Å². The van der Waals surface area contributed by atoms with Crippen LogP contribution in [0.1, 0.15) is 34.8 Å². The molecule has 0 radical (unpaired) electrons. The Bertz CT molecular complexity index is 1060. The van der Waals surface area contributed by atoms with Crippen molar-refractivity contribution in [2.24, 2.45) is 15.9 Å². The SMILES string of the molecule is Clc1ccccc1C1CC2CN=C(NCc3ccco3)N=C2c2ccccc21. The number of nitrogens with zero attached hydrogens (tertiary/aromatic N) is 2. The van der Waals surface area contributed by atoms with Gasteiger partial charge in [-0.3, -0.25) is 4.99 Å².